The van der Waals surface area contributed by atoms with Crippen LogP contribution < -0.4 is 0 Å². The van der Waals surface area contributed by atoms with Crippen LogP contribution in [-0.2, 0) is 25.2 Å². The molecule has 0 aromatic heterocycles. The van der Waals surface area contributed by atoms with Crippen molar-refractivity contribution in [1.29, 1.82) is 0 Å². The Hall–Kier alpha value is -2.36. The number of ether oxygens (including phenoxy) is 2. The Morgan fingerprint density at radius 2 is 1.78 bits per heavy atom. The summed E-state index contributed by atoms with van der Waals surface area (Å²) in [5.74, 6) is -1.44. The average molecular weight is 536 g/mol. The molecule has 3 aliphatic rings. The zero-order chi connectivity index (χ0) is 26.7. The Morgan fingerprint density at radius 1 is 1.08 bits per heavy atom. The molecule has 0 bridgehead atoms. The third-order valence-corrected chi connectivity index (χ3v) is 8.79. The van der Waals surface area contributed by atoms with Gasteiger partial charge in [-0.15, -0.1) is 0 Å². The van der Waals surface area contributed by atoms with E-state index in [-0.39, 0.29) is 16.1 Å². The van der Waals surface area contributed by atoms with Crippen LogP contribution in [0.2, 0.25) is 0 Å². The highest BCUT2D eigenvalue weighted by atomic mass is 32.2. The summed E-state index contributed by atoms with van der Waals surface area (Å²) in [6, 6.07) is 0. The van der Waals surface area contributed by atoms with Gasteiger partial charge in [0.25, 0.3) is 6.10 Å². The van der Waals surface area contributed by atoms with E-state index in [0.29, 0.717) is 23.0 Å². The van der Waals surface area contributed by atoms with E-state index in [4.69, 9.17) is 4.74 Å². The third kappa shape index (κ3) is 7.11. The van der Waals surface area contributed by atoms with Gasteiger partial charge in [0.2, 0.25) is 0 Å². The zero-order valence-electron chi connectivity index (χ0n) is 20.2. The van der Waals surface area contributed by atoms with Crippen LogP contribution in [0, 0.1) is 0 Å². The Bertz CT molecular complexity index is 1020. The van der Waals surface area contributed by atoms with Crippen molar-refractivity contribution in [1.82, 2.24) is 0 Å². The number of carbonyl (C=O) groups excluding carboxylic acids is 1. The van der Waals surface area contributed by atoms with E-state index >= 15 is 0 Å². The molecule has 198 valence electrons. The van der Waals surface area contributed by atoms with Gasteiger partial charge in [0.05, 0.1) is 0 Å². The summed E-state index contributed by atoms with van der Waals surface area (Å²) in [4.78, 5) is 13.1. The number of esters is 1. The Balaban J connectivity index is 1.73. The van der Waals surface area contributed by atoms with E-state index in [0.717, 1.165) is 24.8 Å². The molecule has 3 rings (SSSR count). The van der Waals surface area contributed by atoms with Gasteiger partial charge in [0, 0.05) is 23.7 Å². The fourth-order valence-electron chi connectivity index (χ4n) is 4.46. The van der Waals surface area contributed by atoms with Crippen molar-refractivity contribution in [2.75, 3.05) is 6.61 Å². The van der Waals surface area contributed by atoms with E-state index in [1.165, 1.54) is 10.5 Å². The molecule has 3 unspecified atom stereocenters. The fraction of sp³-hybridized carbons (Fsp3) is 0.500. The maximum absolute atomic E-state index is 12.7. The fourth-order valence-corrected chi connectivity index (χ4v) is 7.62. The summed E-state index contributed by atoms with van der Waals surface area (Å²) in [5, 5.41) is 0.447. The number of halogens is 6. The SMILES string of the molecule is CC1=CC([S+](C2C=CC=CC2)C2C=C(C)C(OCC(=O)OC(C(F)(F)F)C(F)(F)F)=C(C)C2)=CCC1. The standard InChI is InChI=1S/C26H29F6O3S/c1-16-8-7-11-20(12-16)36(19-9-5-4-6-10-19)21-13-17(2)23(18(3)14-21)34-15-22(33)35-24(25(27,28)29)26(30,31)32/h4-6,9,11-13,19,21,24H,7-8,10,14-15H2,1-3H3/q+1. The van der Waals surface area contributed by atoms with Crippen molar-refractivity contribution >= 4 is 16.9 Å². The van der Waals surface area contributed by atoms with Crippen LogP contribution >= 0.6 is 0 Å². The van der Waals surface area contributed by atoms with Crippen LogP contribution in [0.4, 0.5) is 26.3 Å². The minimum absolute atomic E-state index is 0.138. The summed E-state index contributed by atoms with van der Waals surface area (Å²) in [7, 11) is -0.162. The quantitative estimate of drug-likeness (QED) is 0.197. The first-order valence-electron chi connectivity index (χ1n) is 11.5. The molecular formula is C26H29F6O3S+. The lowest BCUT2D eigenvalue weighted by atomic mass is 9.99. The van der Waals surface area contributed by atoms with Crippen LogP contribution in [0.3, 0.4) is 0 Å². The van der Waals surface area contributed by atoms with Crippen molar-refractivity contribution < 1.29 is 40.6 Å². The number of rotatable bonds is 7. The molecule has 10 heteroatoms. The van der Waals surface area contributed by atoms with E-state index in [2.05, 4.69) is 36.0 Å². The summed E-state index contributed by atoms with van der Waals surface area (Å²) in [5.41, 5.74) is 2.79. The summed E-state index contributed by atoms with van der Waals surface area (Å²) < 4.78 is 85.1. The lowest BCUT2D eigenvalue weighted by molar-refractivity contribution is -0.313. The van der Waals surface area contributed by atoms with Crippen LogP contribution in [0.1, 0.15) is 46.5 Å². The van der Waals surface area contributed by atoms with E-state index in [1.54, 1.807) is 13.8 Å². The topological polar surface area (TPSA) is 35.5 Å². The van der Waals surface area contributed by atoms with Crippen LogP contribution in [0.5, 0.6) is 0 Å². The first kappa shape index (κ1) is 28.2. The second-order valence-corrected chi connectivity index (χ2v) is 11.5. The minimum Gasteiger partial charge on any atom is -0.482 e. The molecule has 0 fully saturated rings. The highest BCUT2D eigenvalue weighted by Crippen LogP contribution is 2.39. The van der Waals surface area contributed by atoms with E-state index < -0.39 is 31.0 Å². The highest BCUT2D eigenvalue weighted by molar-refractivity contribution is 8.02. The summed E-state index contributed by atoms with van der Waals surface area (Å²) >= 11 is 0. The molecule has 0 spiro atoms. The minimum atomic E-state index is -5.77. The van der Waals surface area contributed by atoms with Gasteiger partial charge < -0.3 is 9.47 Å². The first-order valence-corrected chi connectivity index (χ1v) is 12.9. The molecule has 0 aromatic rings. The third-order valence-electron chi connectivity index (χ3n) is 6.01. The highest BCUT2D eigenvalue weighted by Gasteiger charge is 2.60. The molecule has 0 saturated heterocycles. The number of carbonyl (C=O) groups is 1. The average Bonchev–Trinajstić information content (AvgIpc) is 2.76. The van der Waals surface area contributed by atoms with Crippen LogP contribution in [-0.4, -0.2) is 41.5 Å². The van der Waals surface area contributed by atoms with Gasteiger partial charge in [-0.1, -0.05) is 23.8 Å². The smallest absolute Gasteiger partial charge is 0.434 e. The number of allylic oxidation sites excluding steroid dienone is 8. The maximum atomic E-state index is 12.7. The van der Waals surface area contributed by atoms with Gasteiger partial charge in [-0.05, 0) is 69.1 Å². The lowest BCUT2D eigenvalue weighted by Crippen LogP contribution is -2.46. The van der Waals surface area contributed by atoms with Gasteiger partial charge in [-0.2, -0.15) is 26.3 Å². The van der Waals surface area contributed by atoms with Crippen molar-refractivity contribution in [3.05, 3.63) is 69.9 Å². The van der Waals surface area contributed by atoms with Gasteiger partial charge in [0.15, 0.2) is 11.5 Å². The number of hydrogen-bond donors (Lipinski definition) is 0. The molecule has 3 aliphatic carbocycles. The second-order valence-electron chi connectivity index (χ2n) is 9.04. The Kier molecular flexibility index (Phi) is 8.90. The maximum Gasteiger partial charge on any atom is 0.434 e. The second kappa shape index (κ2) is 11.4. The van der Waals surface area contributed by atoms with Crippen LogP contribution in [0.15, 0.2) is 69.9 Å². The molecular weight excluding hydrogens is 506 g/mol. The number of hydrogen-bond acceptors (Lipinski definition) is 3. The van der Waals surface area contributed by atoms with E-state index in [9.17, 15) is 31.1 Å². The molecule has 36 heavy (non-hydrogen) atoms. The largest absolute Gasteiger partial charge is 0.482 e. The van der Waals surface area contributed by atoms with Crippen molar-refractivity contribution in [3.63, 3.8) is 0 Å². The molecule has 0 aliphatic heterocycles. The lowest BCUT2D eigenvalue weighted by Gasteiger charge is -2.29. The predicted octanol–water partition coefficient (Wildman–Crippen LogP) is 7.16. The Labute approximate surface area is 209 Å². The molecule has 3 atom stereocenters. The monoisotopic (exact) mass is 535 g/mol. The normalized spacial score (nSPS) is 23.8. The summed E-state index contributed by atoms with van der Waals surface area (Å²) in [6.45, 7) is 4.62. The molecule has 0 aromatic carbocycles. The first-order chi connectivity index (χ1) is 16.8. The van der Waals surface area contributed by atoms with Crippen LogP contribution in [0.25, 0.3) is 0 Å². The van der Waals surface area contributed by atoms with Crippen molar-refractivity contribution in [2.24, 2.45) is 0 Å². The molecule has 0 N–H and O–H groups in total. The number of alkyl halides is 6. The molecule has 0 amide bonds. The Morgan fingerprint density at radius 3 is 2.33 bits per heavy atom. The molecule has 0 saturated carbocycles. The van der Waals surface area contributed by atoms with E-state index in [1.807, 2.05) is 18.2 Å². The van der Waals surface area contributed by atoms with Gasteiger partial charge in [0.1, 0.15) is 16.3 Å². The summed E-state index contributed by atoms with van der Waals surface area (Å²) in [6.07, 6.45) is 2.77. The predicted molar refractivity (Wildman–Crippen MR) is 128 cm³/mol. The van der Waals surface area contributed by atoms with Crippen molar-refractivity contribution in [3.8, 4) is 0 Å². The molecule has 0 heterocycles. The van der Waals surface area contributed by atoms with Gasteiger partial charge in [-0.3, -0.25) is 0 Å². The van der Waals surface area contributed by atoms with Gasteiger partial charge in [-0.25, -0.2) is 4.79 Å². The molecule has 0 radical (unpaired) electrons. The van der Waals surface area contributed by atoms with Crippen molar-refractivity contribution in [2.45, 2.75) is 75.4 Å². The molecule has 3 nitrogen and oxygen atoms in total. The zero-order valence-corrected chi connectivity index (χ0v) is 21.0. The van der Waals surface area contributed by atoms with Gasteiger partial charge >= 0.3 is 18.3 Å².